The molecule has 0 saturated heterocycles. The minimum absolute atomic E-state index is 0.0856. The van der Waals surface area contributed by atoms with E-state index in [1.807, 2.05) is 0 Å². The van der Waals surface area contributed by atoms with Crippen LogP contribution in [0.4, 0.5) is 0 Å². The van der Waals surface area contributed by atoms with Crippen molar-refractivity contribution in [3.05, 3.63) is 0 Å². The molecule has 1 aliphatic rings. The molecule has 0 aromatic rings. The van der Waals surface area contributed by atoms with E-state index in [2.05, 4.69) is 13.8 Å². The third-order valence-electron chi connectivity index (χ3n) is 5.16. The summed E-state index contributed by atoms with van der Waals surface area (Å²) in [6, 6.07) is 0. The Morgan fingerprint density at radius 3 is 2.22 bits per heavy atom. The number of primary amides is 1. The van der Waals surface area contributed by atoms with Crippen LogP contribution in [0.2, 0.25) is 0 Å². The third kappa shape index (κ3) is 5.85. The molecule has 0 bridgehead atoms. The van der Waals surface area contributed by atoms with Gasteiger partial charge in [0.05, 0.1) is 0 Å². The van der Waals surface area contributed by atoms with E-state index in [4.69, 9.17) is 5.73 Å². The van der Waals surface area contributed by atoms with E-state index < -0.39 is 31.6 Å². The maximum absolute atomic E-state index is 11.6. The fourth-order valence-corrected chi connectivity index (χ4v) is 4.39. The SMILES string of the molecule is CC(C)C1CCC(CC(O)([PH+]=O)C(CCC(N)=O)C(=O)O)CC1. The second kappa shape index (κ2) is 8.74. The van der Waals surface area contributed by atoms with Gasteiger partial charge in [-0.3, -0.25) is 9.59 Å². The standard InChI is InChI=1S/C16H28NO5P/c1-10(2)12-5-3-11(4-6-12)9-16(21,23-22)13(15(19)20)7-8-14(17)18/h10-13,21H,3-9H2,1-2H3,(H2,17,18)(H,19,20)/p+1. The van der Waals surface area contributed by atoms with Gasteiger partial charge in [0.2, 0.25) is 5.91 Å². The fraction of sp³-hybridized carbons (Fsp3) is 0.875. The zero-order valence-corrected chi connectivity index (χ0v) is 15.0. The van der Waals surface area contributed by atoms with E-state index in [9.17, 15) is 24.4 Å². The summed E-state index contributed by atoms with van der Waals surface area (Å²) in [6.45, 7) is 4.40. The Hall–Kier alpha value is -1.00. The van der Waals surface area contributed by atoms with Crippen LogP contribution in [0, 0.1) is 23.7 Å². The maximum Gasteiger partial charge on any atom is 0.360 e. The number of carbonyl (C=O) groups excluding carboxylic acids is 1. The van der Waals surface area contributed by atoms with Crippen molar-refractivity contribution in [2.45, 2.75) is 64.1 Å². The number of amides is 1. The van der Waals surface area contributed by atoms with Crippen molar-refractivity contribution in [2.75, 3.05) is 0 Å². The van der Waals surface area contributed by atoms with Crippen LogP contribution in [-0.2, 0) is 14.2 Å². The Labute approximate surface area is 139 Å². The average molecular weight is 346 g/mol. The lowest BCUT2D eigenvalue weighted by molar-refractivity contribution is -0.148. The molecule has 1 amide bonds. The van der Waals surface area contributed by atoms with E-state index in [0.29, 0.717) is 11.8 Å². The Morgan fingerprint density at radius 2 is 1.83 bits per heavy atom. The second-order valence-electron chi connectivity index (χ2n) is 7.15. The Bertz CT molecular complexity index is 434. The molecule has 1 fully saturated rings. The van der Waals surface area contributed by atoms with Crippen molar-refractivity contribution >= 4 is 20.3 Å². The van der Waals surface area contributed by atoms with Gasteiger partial charge in [-0.15, -0.1) is 0 Å². The van der Waals surface area contributed by atoms with E-state index in [-0.39, 0.29) is 25.2 Å². The first-order valence-corrected chi connectivity index (χ1v) is 9.23. The highest BCUT2D eigenvalue weighted by Gasteiger charge is 2.50. The molecule has 0 aromatic carbocycles. The van der Waals surface area contributed by atoms with Gasteiger partial charge in [-0.1, -0.05) is 18.4 Å². The first-order valence-electron chi connectivity index (χ1n) is 8.32. The minimum Gasteiger partial charge on any atom is -0.481 e. The van der Waals surface area contributed by atoms with Crippen LogP contribution in [-0.4, -0.2) is 27.4 Å². The first-order chi connectivity index (χ1) is 10.7. The molecule has 0 heterocycles. The number of nitrogens with two attached hydrogens (primary N) is 1. The normalized spacial score (nSPS) is 25.9. The summed E-state index contributed by atoms with van der Waals surface area (Å²) >= 11 is 0. The maximum atomic E-state index is 11.6. The van der Waals surface area contributed by atoms with Gasteiger partial charge in [-0.25, -0.2) is 0 Å². The first kappa shape index (κ1) is 20.0. The summed E-state index contributed by atoms with van der Waals surface area (Å²) in [5.41, 5.74) is 5.06. The van der Waals surface area contributed by atoms with Crippen molar-refractivity contribution in [3.63, 3.8) is 0 Å². The van der Waals surface area contributed by atoms with E-state index in [1.54, 1.807) is 0 Å². The summed E-state index contributed by atoms with van der Waals surface area (Å²) in [6.07, 6.45) is 3.92. The van der Waals surface area contributed by atoms with E-state index >= 15 is 0 Å². The molecular formula is C16H29NO5P+. The van der Waals surface area contributed by atoms with Crippen molar-refractivity contribution < 1.29 is 24.4 Å². The third-order valence-corrected chi connectivity index (χ3v) is 6.07. The lowest BCUT2D eigenvalue weighted by Crippen LogP contribution is -2.40. The highest BCUT2D eigenvalue weighted by molar-refractivity contribution is 7.25. The van der Waals surface area contributed by atoms with Crippen LogP contribution >= 0.6 is 8.46 Å². The lowest BCUT2D eigenvalue weighted by Gasteiger charge is -2.33. The molecule has 0 spiro atoms. The van der Waals surface area contributed by atoms with Gasteiger partial charge in [0.25, 0.3) is 5.34 Å². The number of aliphatic hydroxyl groups is 1. The zero-order valence-electron chi connectivity index (χ0n) is 14.0. The molecule has 3 unspecified atom stereocenters. The van der Waals surface area contributed by atoms with Gasteiger partial charge < -0.3 is 15.9 Å². The molecule has 1 rings (SSSR count). The number of carbonyl (C=O) groups is 2. The summed E-state index contributed by atoms with van der Waals surface area (Å²) in [4.78, 5) is 22.4. The second-order valence-corrected chi connectivity index (χ2v) is 8.22. The predicted octanol–water partition coefficient (Wildman–Crippen LogP) is 2.52. The largest absolute Gasteiger partial charge is 0.481 e. The summed E-state index contributed by atoms with van der Waals surface area (Å²) in [5.74, 6) is -1.61. The predicted molar refractivity (Wildman–Crippen MR) is 88.4 cm³/mol. The molecule has 1 saturated carbocycles. The fourth-order valence-electron chi connectivity index (χ4n) is 3.61. The molecule has 0 aromatic heterocycles. The van der Waals surface area contributed by atoms with Crippen LogP contribution in [0.15, 0.2) is 0 Å². The van der Waals surface area contributed by atoms with Gasteiger partial charge in [-0.2, -0.15) is 0 Å². The molecule has 0 aliphatic heterocycles. The highest BCUT2D eigenvalue weighted by atomic mass is 31.1. The van der Waals surface area contributed by atoms with Crippen LogP contribution in [0.25, 0.3) is 0 Å². The number of carboxylic acid groups (broad SMARTS) is 1. The number of hydrogen-bond donors (Lipinski definition) is 3. The van der Waals surface area contributed by atoms with Crippen LogP contribution in [0.5, 0.6) is 0 Å². The van der Waals surface area contributed by atoms with Gasteiger partial charge in [0.1, 0.15) is 5.92 Å². The smallest absolute Gasteiger partial charge is 0.360 e. The Kier molecular flexibility index (Phi) is 7.62. The van der Waals surface area contributed by atoms with E-state index in [0.717, 1.165) is 25.7 Å². The van der Waals surface area contributed by atoms with Gasteiger partial charge in [-0.05, 0) is 49.9 Å². The van der Waals surface area contributed by atoms with Crippen LogP contribution < -0.4 is 5.73 Å². The summed E-state index contributed by atoms with van der Waals surface area (Å²) in [5, 5.41) is 18.2. The lowest BCUT2D eigenvalue weighted by atomic mass is 9.74. The molecule has 132 valence electrons. The number of carboxylic acids is 1. The quantitative estimate of drug-likeness (QED) is 0.554. The number of hydrogen-bond acceptors (Lipinski definition) is 4. The van der Waals surface area contributed by atoms with Gasteiger partial charge in [0, 0.05) is 12.8 Å². The summed E-state index contributed by atoms with van der Waals surface area (Å²) in [7, 11) is -1.14. The minimum atomic E-state index is -1.78. The Morgan fingerprint density at radius 1 is 1.26 bits per heavy atom. The molecule has 3 atom stereocenters. The zero-order chi connectivity index (χ0) is 17.6. The van der Waals surface area contributed by atoms with Crippen LogP contribution in [0.3, 0.4) is 0 Å². The summed E-state index contributed by atoms with van der Waals surface area (Å²) < 4.78 is 11.6. The van der Waals surface area contributed by atoms with Crippen LogP contribution in [0.1, 0.15) is 58.8 Å². The molecule has 6 nitrogen and oxygen atoms in total. The highest BCUT2D eigenvalue weighted by Crippen LogP contribution is 2.43. The molecule has 1 aliphatic carbocycles. The van der Waals surface area contributed by atoms with Crippen molar-refractivity contribution in [2.24, 2.45) is 29.4 Å². The Balaban J connectivity index is 2.73. The van der Waals surface area contributed by atoms with E-state index in [1.165, 1.54) is 0 Å². The van der Waals surface area contributed by atoms with Gasteiger partial charge >= 0.3 is 14.4 Å². The van der Waals surface area contributed by atoms with Crippen molar-refractivity contribution in [1.29, 1.82) is 0 Å². The molecule has 4 N–H and O–H groups in total. The topological polar surface area (TPSA) is 118 Å². The molecule has 0 radical (unpaired) electrons. The molecule has 23 heavy (non-hydrogen) atoms. The van der Waals surface area contributed by atoms with Gasteiger partial charge in [0.15, 0.2) is 0 Å². The number of rotatable bonds is 9. The molecular weight excluding hydrogens is 317 g/mol. The molecule has 7 heteroatoms. The average Bonchev–Trinajstić information content (AvgIpc) is 2.47. The number of aliphatic carboxylic acids is 1. The van der Waals surface area contributed by atoms with Crippen molar-refractivity contribution in [1.82, 2.24) is 0 Å². The monoisotopic (exact) mass is 346 g/mol. The van der Waals surface area contributed by atoms with Crippen molar-refractivity contribution in [3.8, 4) is 0 Å².